The molecule has 0 radical (unpaired) electrons. The van der Waals surface area contributed by atoms with Gasteiger partial charge in [0.15, 0.2) is 17.3 Å². The number of unbranched alkanes of at least 4 members (excludes halogenated alkanes) is 1. The molecule has 0 saturated carbocycles. The van der Waals surface area contributed by atoms with Gasteiger partial charge in [0.2, 0.25) is 0 Å². The zero-order valence-electron chi connectivity index (χ0n) is 33.1. The lowest BCUT2D eigenvalue weighted by Crippen LogP contribution is -2.43. The molecule has 3 aromatic heterocycles. The smallest absolute Gasteiger partial charge is 0.508 e. The van der Waals surface area contributed by atoms with E-state index in [-0.39, 0.29) is 51.1 Å². The second-order valence-electron chi connectivity index (χ2n) is 16.9. The molecule has 1 unspecified atom stereocenters. The second-order valence-corrected chi connectivity index (χ2v) is 16.9. The maximum absolute atomic E-state index is 17.3. The van der Waals surface area contributed by atoms with E-state index >= 15 is 8.78 Å². The number of aromatic hydroxyl groups is 1. The first-order valence-electron chi connectivity index (χ1n) is 20.2. The number of hydrogen-bond acceptors (Lipinski definition) is 11. The lowest BCUT2D eigenvalue weighted by molar-refractivity contribution is 0.108. The average molecular weight is 781 g/mol. The maximum Gasteiger partial charge on any atom is 0.519 e. The average Bonchev–Trinajstić information content (AvgIpc) is 3.87. The van der Waals surface area contributed by atoms with E-state index in [0.29, 0.717) is 66.3 Å². The molecule has 8 rings (SSSR count). The predicted molar refractivity (Wildman–Crippen MR) is 215 cm³/mol. The molecule has 300 valence electrons. The van der Waals surface area contributed by atoms with E-state index < -0.39 is 22.9 Å². The fourth-order valence-electron chi connectivity index (χ4n) is 9.20. The minimum Gasteiger partial charge on any atom is -0.508 e. The van der Waals surface area contributed by atoms with Gasteiger partial charge < -0.3 is 24.0 Å². The molecule has 13 heteroatoms. The van der Waals surface area contributed by atoms with Crippen LogP contribution >= 0.6 is 0 Å². The van der Waals surface area contributed by atoms with Crippen molar-refractivity contribution in [3.8, 4) is 35.4 Å². The van der Waals surface area contributed by atoms with Crippen LogP contribution in [0.25, 0.3) is 32.9 Å². The molecule has 0 amide bonds. The van der Waals surface area contributed by atoms with Crippen molar-refractivity contribution in [2.45, 2.75) is 109 Å². The molecule has 11 nitrogen and oxygen atoms in total. The van der Waals surface area contributed by atoms with Crippen molar-refractivity contribution in [3.05, 3.63) is 69.3 Å². The Kier molecular flexibility index (Phi) is 10.5. The van der Waals surface area contributed by atoms with Gasteiger partial charge in [-0.25, -0.2) is 18.6 Å². The Labute approximate surface area is 330 Å². The monoisotopic (exact) mass is 780 g/mol. The van der Waals surface area contributed by atoms with Gasteiger partial charge in [0, 0.05) is 29.0 Å². The molecule has 2 fully saturated rings. The van der Waals surface area contributed by atoms with E-state index in [9.17, 15) is 9.90 Å². The zero-order valence-corrected chi connectivity index (χ0v) is 33.1. The summed E-state index contributed by atoms with van der Waals surface area (Å²) >= 11 is 0. The molecular formula is C44H50F2N6O5. The zero-order chi connectivity index (χ0) is 40.1. The summed E-state index contributed by atoms with van der Waals surface area (Å²) in [6.45, 7) is 12.2. The summed E-state index contributed by atoms with van der Waals surface area (Å²) < 4.78 is 50.0. The molecule has 2 aromatic carbocycles. The summed E-state index contributed by atoms with van der Waals surface area (Å²) in [6.07, 6.45) is 13.8. The molecule has 0 aliphatic carbocycles. The van der Waals surface area contributed by atoms with Gasteiger partial charge in [-0.3, -0.25) is 9.80 Å². The van der Waals surface area contributed by atoms with Crippen LogP contribution in [-0.4, -0.2) is 74.2 Å². The van der Waals surface area contributed by atoms with Crippen molar-refractivity contribution < 1.29 is 27.5 Å². The summed E-state index contributed by atoms with van der Waals surface area (Å²) in [7, 11) is 0. The van der Waals surface area contributed by atoms with Crippen LogP contribution in [0.4, 0.5) is 14.6 Å². The number of nitrogens with one attached hydrogen (secondary N) is 1. The van der Waals surface area contributed by atoms with E-state index in [1.807, 2.05) is 20.8 Å². The molecule has 57 heavy (non-hydrogen) atoms. The third-order valence-electron chi connectivity index (χ3n) is 11.9. The number of aryl methyl sites for hydroxylation is 1. The SMILES string of the molecule is C#Cc1c(F)ccc2cc(O)cc(-c3nc4c5c(nc(OCC67CCCN6CCC7)nc5c3F)NC(CN(CCCC)Cc3oc(=O)oc3C(C)(C)C)CCC4)c12. The largest absolute Gasteiger partial charge is 0.519 e. The molecule has 3 aliphatic heterocycles. The lowest BCUT2D eigenvalue weighted by Gasteiger charge is -2.32. The fraction of sp³-hybridized carbons (Fsp3) is 0.500. The van der Waals surface area contributed by atoms with Gasteiger partial charge in [0.05, 0.1) is 28.7 Å². The summed E-state index contributed by atoms with van der Waals surface area (Å²) in [5.41, 5.74) is 0.0952. The Morgan fingerprint density at radius 3 is 2.63 bits per heavy atom. The first kappa shape index (κ1) is 38.8. The molecule has 2 N–H and O–H groups in total. The standard InChI is InChI=1S/C44H50F2N6O5/c1-6-8-18-51(24-33-39(43(3,4)5)57-42(54)56-33)23-27-12-9-13-32-35-38(49-41(50-40(35)47-27)55-25-44-16-10-19-52(44)20-11-17-44)36(46)37(48-32)30-22-28(53)21-26-14-15-31(45)29(7-2)34(26)30/h2,14-15,21-22,27,53H,6,8-13,16-20,23-25H2,1,3-5H3,(H,47,49,50). The number of fused-ring (bicyclic) bond motifs is 2. The van der Waals surface area contributed by atoms with Gasteiger partial charge in [-0.15, -0.1) is 6.42 Å². The number of rotatable bonds is 11. The summed E-state index contributed by atoms with van der Waals surface area (Å²) in [4.78, 5) is 31.6. The first-order chi connectivity index (χ1) is 27.4. The van der Waals surface area contributed by atoms with Crippen LogP contribution in [0.5, 0.6) is 11.8 Å². The highest BCUT2D eigenvalue weighted by molar-refractivity contribution is 6.03. The highest BCUT2D eigenvalue weighted by Crippen LogP contribution is 2.42. The van der Waals surface area contributed by atoms with Gasteiger partial charge in [0.1, 0.15) is 35.2 Å². The minimum absolute atomic E-state index is 0.0170. The number of benzene rings is 2. The maximum atomic E-state index is 17.3. The number of phenols is 1. The summed E-state index contributed by atoms with van der Waals surface area (Å²) in [6, 6.07) is 5.50. The first-order valence-corrected chi connectivity index (χ1v) is 20.2. The van der Waals surface area contributed by atoms with Gasteiger partial charge in [-0.2, -0.15) is 9.97 Å². The Balaban J connectivity index is 1.22. The van der Waals surface area contributed by atoms with Crippen LogP contribution in [0.3, 0.4) is 0 Å². The second kappa shape index (κ2) is 15.4. The third-order valence-corrected chi connectivity index (χ3v) is 11.9. The van der Waals surface area contributed by atoms with Crippen LogP contribution in [0.15, 0.2) is 37.9 Å². The van der Waals surface area contributed by atoms with Gasteiger partial charge in [-0.05, 0) is 94.6 Å². The third kappa shape index (κ3) is 7.45. The number of hydrogen-bond donors (Lipinski definition) is 2. The molecule has 6 heterocycles. The minimum atomic E-state index is -0.754. The Bertz CT molecular complexity index is 2420. The van der Waals surface area contributed by atoms with Gasteiger partial charge >= 0.3 is 11.8 Å². The van der Waals surface area contributed by atoms with Crippen LogP contribution in [0.2, 0.25) is 0 Å². The van der Waals surface area contributed by atoms with Crippen molar-refractivity contribution >= 4 is 27.5 Å². The molecular weight excluding hydrogens is 731 g/mol. The quantitative estimate of drug-likeness (QED) is 0.126. The number of nitrogens with zero attached hydrogens (tertiary/aromatic N) is 5. The summed E-state index contributed by atoms with van der Waals surface area (Å²) in [5, 5.41) is 15.6. The number of terminal acetylenes is 1. The predicted octanol–water partition coefficient (Wildman–Crippen LogP) is 8.08. The number of anilines is 1. The molecule has 2 saturated heterocycles. The lowest BCUT2D eigenvalue weighted by atomic mass is 9.92. The van der Waals surface area contributed by atoms with Crippen LogP contribution in [0, 0.1) is 24.0 Å². The number of halogens is 2. The van der Waals surface area contributed by atoms with Crippen molar-refractivity contribution in [1.82, 2.24) is 24.8 Å². The molecule has 5 aromatic rings. The summed E-state index contributed by atoms with van der Waals surface area (Å²) in [5.74, 6) is 1.65. The van der Waals surface area contributed by atoms with E-state index in [0.717, 1.165) is 64.6 Å². The molecule has 0 bridgehead atoms. The van der Waals surface area contributed by atoms with Crippen LogP contribution < -0.4 is 15.9 Å². The van der Waals surface area contributed by atoms with Gasteiger partial charge in [-0.1, -0.05) is 46.1 Å². The topological polar surface area (TPSA) is 130 Å². The van der Waals surface area contributed by atoms with E-state index in [2.05, 4.69) is 28.0 Å². The molecule has 1 atom stereocenters. The van der Waals surface area contributed by atoms with Crippen molar-refractivity contribution in [3.63, 3.8) is 0 Å². The van der Waals surface area contributed by atoms with E-state index in [1.165, 1.54) is 24.3 Å². The number of aromatic nitrogens is 3. The van der Waals surface area contributed by atoms with Crippen molar-refractivity contribution in [2.75, 3.05) is 38.1 Å². The molecule has 3 aliphatic rings. The number of phenolic OH excluding ortho intramolecular Hbond substituents is 1. The van der Waals surface area contributed by atoms with Gasteiger partial charge in [0.25, 0.3) is 0 Å². The van der Waals surface area contributed by atoms with Crippen LogP contribution in [-0.2, 0) is 18.4 Å². The van der Waals surface area contributed by atoms with E-state index in [1.54, 1.807) is 0 Å². The van der Waals surface area contributed by atoms with E-state index in [4.69, 9.17) is 34.9 Å². The van der Waals surface area contributed by atoms with Crippen molar-refractivity contribution in [1.29, 1.82) is 0 Å². The van der Waals surface area contributed by atoms with Crippen LogP contribution in [0.1, 0.15) is 102 Å². The Hall–Kier alpha value is -5.06. The number of ether oxygens (including phenoxy) is 1. The molecule has 0 spiro atoms. The Morgan fingerprint density at radius 1 is 1.11 bits per heavy atom. The fourth-order valence-corrected chi connectivity index (χ4v) is 9.20. The highest BCUT2D eigenvalue weighted by Gasteiger charge is 2.45. The normalized spacial score (nSPS) is 18.1. The highest BCUT2D eigenvalue weighted by atomic mass is 19.1. The Morgan fingerprint density at radius 2 is 1.89 bits per heavy atom. The van der Waals surface area contributed by atoms with Crippen molar-refractivity contribution in [2.24, 2.45) is 0 Å². The number of pyridine rings is 1.